The molecule has 0 unspecified atom stereocenters. The predicted octanol–water partition coefficient (Wildman–Crippen LogP) is 10.9. The standard InChI is InChI=1S/C36H50O4S/c37-41(38,39)36-34(28-17-9-3-10-18-28)24-33(25-35(36)29-19-11-4-12-20-29)40-32-22-30(26-13-5-1-6-14-26)21-31(23-32)27-15-7-2-8-16-27/h21-29H,1-20H2,(H,37,38,39). The number of hydrogen-bond donors (Lipinski definition) is 1. The van der Waals surface area contributed by atoms with E-state index in [2.05, 4.69) is 18.2 Å². The van der Waals surface area contributed by atoms with E-state index in [4.69, 9.17) is 4.74 Å². The molecule has 5 heteroatoms. The second kappa shape index (κ2) is 13.2. The molecular weight excluding hydrogens is 528 g/mol. The van der Waals surface area contributed by atoms with E-state index < -0.39 is 10.1 Å². The van der Waals surface area contributed by atoms with Crippen LogP contribution in [-0.2, 0) is 10.1 Å². The van der Waals surface area contributed by atoms with E-state index in [9.17, 15) is 13.0 Å². The van der Waals surface area contributed by atoms with Gasteiger partial charge in [0.25, 0.3) is 10.1 Å². The molecule has 0 saturated heterocycles. The zero-order chi connectivity index (χ0) is 28.2. The van der Waals surface area contributed by atoms with Crippen LogP contribution in [0.25, 0.3) is 0 Å². The number of hydrogen-bond acceptors (Lipinski definition) is 3. The molecule has 2 aromatic carbocycles. The highest BCUT2D eigenvalue weighted by Crippen LogP contribution is 2.46. The van der Waals surface area contributed by atoms with Crippen molar-refractivity contribution in [2.24, 2.45) is 0 Å². The van der Waals surface area contributed by atoms with Gasteiger partial charge in [0.1, 0.15) is 16.4 Å². The predicted molar refractivity (Wildman–Crippen MR) is 166 cm³/mol. The molecule has 0 amide bonds. The van der Waals surface area contributed by atoms with Crippen molar-refractivity contribution in [2.45, 2.75) is 157 Å². The molecule has 0 atom stereocenters. The van der Waals surface area contributed by atoms with Crippen LogP contribution < -0.4 is 4.74 Å². The van der Waals surface area contributed by atoms with E-state index in [0.717, 1.165) is 74.0 Å². The van der Waals surface area contributed by atoms with Crippen molar-refractivity contribution in [2.75, 3.05) is 0 Å². The van der Waals surface area contributed by atoms with Gasteiger partial charge in [0.15, 0.2) is 0 Å². The molecule has 0 radical (unpaired) electrons. The van der Waals surface area contributed by atoms with Gasteiger partial charge in [-0.3, -0.25) is 4.55 Å². The summed E-state index contributed by atoms with van der Waals surface area (Å²) in [6.45, 7) is 0. The fourth-order valence-electron chi connectivity index (χ4n) is 8.62. The van der Waals surface area contributed by atoms with Crippen LogP contribution in [0.5, 0.6) is 11.5 Å². The Morgan fingerprint density at radius 1 is 0.488 bits per heavy atom. The Morgan fingerprint density at radius 2 is 0.829 bits per heavy atom. The van der Waals surface area contributed by atoms with Crippen molar-refractivity contribution in [3.05, 3.63) is 52.6 Å². The Labute approximate surface area is 248 Å². The molecule has 6 rings (SSSR count). The van der Waals surface area contributed by atoms with Crippen LogP contribution in [0, 0.1) is 0 Å². The number of rotatable bonds is 7. The van der Waals surface area contributed by atoms with Crippen molar-refractivity contribution in [3.8, 4) is 11.5 Å². The zero-order valence-corrected chi connectivity index (χ0v) is 25.7. The number of benzene rings is 2. The lowest BCUT2D eigenvalue weighted by molar-refractivity contribution is 0.412. The Hall–Kier alpha value is -1.85. The lowest BCUT2D eigenvalue weighted by Crippen LogP contribution is -2.16. The second-order valence-electron chi connectivity index (χ2n) is 13.7. The fraction of sp³-hybridized carbons (Fsp3) is 0.667. The van der Waals surface area contributed by atoms with Gasteiger partial charge in [-0.05, 0) is 122 Å². The molecule has 4 nitrogen and oxygen atoms in total. The van der Waals surface area contributed by atoms with Gasteiger partial charge in [-0.15, -0.1) is 0 Å². The van der Waals surface area contributed by atoms with E-state index in [0.29, 0.717) is 11.8 Å². The van der Waals surface area contributed by atoms with Gasteiger partial charge in [-0.25, -0.2) is 0 Å². The van der Waals surface area contributed by atoms with Gasteiger partial charge in [-0.2, -0.15) is 8.42 Å². The topological polar surface area (TPSA) is 63.6 Å². The molecule has 1 N–H and O–H groups in total. The molecule has 2 aromatic rings. The Balaban J connectivity index is 1.42. The first kappa shape index (κ1) is 29.2. The van der Waals surface area contributed by atoms with Crippen LogP contribution in [0.1, 0.15) is 174 Å². The lowest BCUT2D eigenvalue weighted by Gasteiger charge is -2.29. The SMILES string of the molecule is O=S(=O)(O)c1c(C2CCCCC2)cc(Oc2cc(C3CCCCC3)cc(C3CCCCC3)c2)cc1C1CCCCC1. The Morgan fingerprint density at radius 3 is 1.20 bits per heavy atom. The number of ether oxygens (including phenoxy) is 1. The highest BCUT2D eigenvalue weighted by atomic mass is 32.2. The first-order valence-electron chi connectivity index (χ1n) is 16.9. The van der Waals surface area contributed by atoms with Crippen LogP contribution in [0.4, 0.5) is 0 Å². The largest absolute Gasteiger partial charge is 0.457 e. The van der Waals surface area contributed by atoms with Crippen LogP contribution in [-0.4, -0.2) is 13.0 Å². The second-order valence-corrected chi connectivity index (χ2v) is 15.0. The summed E-state index contributed by atoms with van der Waals surface area (Å²) in [7, 11) is -4.35. The molecule has 4 aliphatic carbocycles. The minimum atomic E-state index is -4.35. The maximum absolute atomic E-state index is 13.0. The molecule has 4 fully saturated rings. The summed E-state index contributed by atoms with van der Waals surface area (Å²) in [6, 6.07) is 11.0. The van der Waals surface area contributed by atoms with E-state index in [1.54, 1.807) is 0 Å². The van der Waals surface area contributed by atoms with Crippen LogP contribution in [0.15, 0.2) is 35.2 Å². The molecule has 0 spiro atoms. The maximum atomic E-state index is 13.0. The van der Waals surface area contributed by atoms with Crippen molar-refractivity contribution >= 4 is 10.1 Å². The van der Waals surface area contributed by atoms with Crippen LogP contribution in [0.3, 0.4) is 0 Å². The minimum Gasteiger partial charge on any atom is -0.457 e. The molecule has 224 valence electrons. The highest BCUT2D eigenvalue weighted by Gasteiger charge is 2.32. The van der Waals surface area contributed by atoms with E-state index in [1.807, 2.05) is 12.1 Å². The van der Waals surface area contributed by atoms with Gasteiger partial charge in [0.2, 0.25) is 0 Å². The molecule has 0 heterocycles. The minimum absolute atomic E-state index is 0.151. The van der Waals surface area contributed by atoms with Gasteiger partial charge >= 0.3 is 0 Å². The van der Waals surface area contributed by atoms with E-state index >= 15 is 0 Å². The van der Waals surface area contributed by atoms with Gasteiger partial charge < -0.3 is 4.74 Å². The maximum Gasteiger partial charge on any atom is 0.295 e. The molecule has 0 aliphatic heterocycles. The summed E-state index contributed by atoms with van der Waals surface area (Å²) in [6.07, 6.45) is 23.6. The summed E-state index contributed by atoms with van der Waals surface area (Å²) >= 11 is 0. The summed E-state index contributed by atoms with van der Waals surface area (Å²) in [5.41, 5.74) is 4.44. The molecular formula is C36H50O4S. The third kappa shape index (κ3) is 7.04. The molecule has 4 aliphatic rings. The van der Waals surface area contributed by atoms with E-state index in [1.165, 1.54) is 88.2 Å². The lowest BCUT2D eigenvalue weighted by atomic mass is 9.79. The smallest absolute Gasteiger partial charge is 0.295 e. The first-order chi connectivity index (χ1) is 20.0. The highest BCUT2D eigenvalue weighted by molar-refractivity contribution is 7.86. The molecule has 0 bridgehead atoms. The fourth-order valence-corrected chi connectivity index (χ4v) is 9.67. The quantitative estimate of drug-likeness (QED) is 0.332. The van der Waals surface area contributed by atoms with Crippen molar-refractivity contribution in [3.63, 3.8) is 0 Å². The van der Waals surface area contributed by atoms with Crippen LogP contribution >= 0.6 is 0 Å². The van der Waals surface area contributed by atoms with Crippen LogP contribution in [0.2, 0.25) is 0 Å². The normalized spacial score (nSPS) is 22.6. The zero-order valence-electron chi connectivity index (χ0n) is 24.9. The average molecular weight is 579 g/mol. The van der Waals surface area contributed by atoms with Gasteiger partial charge in [0, 0.05) is 0 Å². The van der Waals surface area contributed by atoms with Crippen molar-refractivity contribution in [1.29, 1.82) is 0 Å². The van der Waals surface area contributed by atoms with Gasteiger partial charge in [-0.1, -0.05) is 83.1 Å². The first-order valence-corrected chi connectivity index (χ1v) is 18.4. The summed E-state index contributed by atoms with van der Waals surface area (Å²) in [5.74, 6) is 3.15. The average Bonchev–Trinajstić information content (AvgIpc) is 3.02. The van der Waals surface area contributed by atoms with Crippen molar-refractivity contribution < 1.29 is 17.7 Å². The summed E-state index contributed by atoms with van der Waals surface area (Å²) in [5, 5.41) is 0. The van der Waals surface area contributed by atoms with Gasteiger partial charge in [0.05, 0.1) is 0 Å². The Kier molecular flexibility index (Phi) is 9.41. The molecule has 41 heavy (non-hydrogen) atoms. The summed E-state index contributed by atoms with van der Waals surface area (Å²) in [4.78, 5) is 0.197. The third-order valence-electron chi connectivity index (χ3n) is 10.8. The molecule has 4 saturated carbocycles. The summed E-state index contributed by atoms with van der Waals surface area (Å²) < 4.78 is 43.3. The van der Waals surface area contributed by atoms with E-state index in [-0.39, 0.29) is 16.7 Å². The Bertz CT molecular complexity index is 1200. The monoisotopic (exact) mass is 578 g/mol. The molecule has 0 aromatic heterocycles. The van der Waals surface area contributed by atoms with Crippen molar-refractivity contribution in [1.82, 2.24) is 0 Å². The third-order valence-corrected chi connectivity index (χ3v) is 11.8.